The van der Waals surface area contributed by atoms with Crippen molar-refractivity contribution in [3.63, 3.8) is 0 Å². The van der Waals surface area contributed by atoms with E-state index >= 15 is 0 Å². The number of amides is 1. The zero-order chi connectivity index (χ0) is 17.6. The SMILES string of the molecule is CCCn1nnc(NC(=O)C=Cc2ccc(-c3ccc(Cl)cc3)o2)n1. The summed E-state index contributed by atoms with van der Waals surface area (Å²) in [6, 6.07) is 10.9. The molecule has 0 aliphatic heterocycles. The number of carbonyl (C=O) groups excluding carboxylic acids is 1. The highest BCUT2D eigenvalue weighted by Gasteiger charge is 2.06. The summed E-state index contributed by atoms with van der Waals surface area (Å²) in [5.41, 5.74) is 0.908. The molecule has 0 aliphatic rings. The number of hydrogen-bond acceptors (Lipinski definition) is 5. The van der Waals surface area contributed by atoms with Crippen LogP contribution in [0.15, 0.2) is 46.9 Å². The highest BCUT2D eigenvalue weighted by Crippen LogP contribution is 2.24. The van der Waals surface area contributed by atoms with Crippen molar-refractivity contribution in [3.8, 4) is 11.3 Å². The van der Waals surface area contributed by atoms with Gasteiger partial charge >= 0.3 is 0 Å². The van der Waals surface area contributed by atoms with E-state index in [-0.39, 0.29) is 11.9 Å². The Bertz CT molecular complexity index is 883. The molecule has 0 fully saturated rings. The number of furan rings is 1. The summed E-state index contributed by atoms with van der Waals surface area (Å²) in [6.07, 6.45) is 3.81. The first-order valence-corrected chi connectivity index (χ1v) is 8.14. The molecule has 2 heterocycles. The molecule has 7 nitrogen and oxygen atoms in total. The molecule has 25 heavy (non-hydrogen) atoms. The number of aromatic nitrogens is 4. The van der Waals surface area contributed by atoms with Crippen molar-refractivity contribution in [3.05, 3.63) is 53.3 Å². The number of nitrogens with zero attached hydrogens (tertiary/aromatic N) is 4. The minimum atomic E-state index is -0.361. The molecule has 1 aromatic carbocycles. The number of anilines is 1. The van der Waals surface area contributed by atoms with Crippen molar-refractivity contribution in [1.29, 1.82) is 0 Å². The van der Waals surface area contributed by atoms with Crippen LogP contribution in [0.5, 0.6) is 0 Å². The van der Waals surface area contributed by atoms with Gasteiger partial charge in [-0.15, -0.1) is 5.10 Å². The summed E-state index contributed by atoms with van der Waals surface area (Å²) in [4.78, 5) is 13.3. The highest BCUT2D eigenvalue weighted by molar-refractivity contribution is 6.30. The van der Waals surface area contributed by atoms with Gasteiger partial charge in [0.05, 0.1) is 6.54 Å². The average molecular weight is 358 g/mol. The standard InChI is InChI=1S/C17H16ClN5O2/c1-2-11-23-21-17(20-22-23)19-16(24)10-8-14-7-9-15(25-14)12-3-5-13(18)6-4-12/h3-10H,2,11H2,1H3,(H,19,21,24). The van der Waals surface area contributed by atoms with Crippen LogP contribution in [0, 0.1) is 0 Å². The molecule has 0 atom stereocenters. The van der Waals surface area contributed by atoms with Crippen LogP contribution in [0.4, 0.5) is 5.95 Å². The molecule has 0 unspecified atom stereocenters. The van der Waals surface area contributed by atoms with Gasteiger partial charge in [0.1, 0.15) is 11.5 Å². The van der Waals surface area contributed by atoms with Crippen LogP contribution in [0.2, 0.25) is 5.02 Å². The fourth-order valence-corrected chi connectivity index (χ4v) is 2.24. The molecular weight excluding hydrogens is 342 g/mol. The third-order valence-electron chi connectivity index (χ3n) is 3.27. The smallest absolute Gasteiger partial charge is 0.270 e. The van der Waals surface area contributed by atoms with Gasteiger partial charge in [0.25, 0.3) is 11.9 Å². The number of hydrogen-bond donors (Lipinski definition) is 1. The van der Waals surface area contributed by atoms with E-state index < -0.39 is 0 Å². The number of nitrogens with one attached hydrogen (secondary N) is 1. The molecule has 2 aromatic heterocycles. The molecule has 1 N–H and O–H groups in total. The summed E-state index contributed by atoms with van der Waals surface area (Å²) in [5.74, 6) is 1.06. The number of rotatable bonds is 6. The summed E-state index contributed by atoms with van der Waals surface area (Å²) in [7, 11) is 0. The van der Waals surface area contributed by atoms with E-state index in [0.29, 0.717) is 23.1 Å². The van der Waals surface area contributed by atoms with Gasteiger partial charge in [-0.3, -0.25) is 10.1 Å². The molecule has 3 aromatic rings. The molecule has 0 bridgehead atoms. The Morgan fingerprint density at radius 2 is 2.08 bits per heavy atom. The normalized spacial score (nSPS) is 11.1. The van der Waals surface area contributed by atoms with E-state index in [1.807, 2.05) is 25.1 Å². The van der Waals surface area contributed by atoms with E-state index in [1.54, 1.807) is 24.3 Å². The van der Waals surface area contributed by atoms with Crippen molar-refractivity contribution >= 4 is 29.5 Å². The fraction of sp³-hybridized carbons (Fsp3) is 0.176. The largest absolute Gasteiger partial charge is 0.457 e. The second kappa shape index (κ2) is 7.76. The Morgan fingerprint density at radius 3 is 2.84 bits per heavy atom. The van der Waals surface area contributed by atoms with Crippen molar-refractivity contribution < 1.29 is 9.21 Å². The lowest BCUT2D eigenvalue weighted by Gasteiger charge is -1.96. The first kappa shape index (κ1) is 16.9. The predicted octanol–water partition coefficient (Wildman–Crippen LogP) is 3.65. The maximum atomic E-state index is 11.9. The molecule has 3 rings (SSSR count). The van der Waals surface area contributed by atoms with Crippen LogP contribution < -0.4 is 5.32 Å². The molecular formula is C17H16ClN5O2. The second-order valence-corrected chi connectivity index (χ2v) is 5.68. The Morgan fingerprint density at radius 1 is 1.28 bits per heavy atom. The van der Waals surface area contributed by atoms with Gasteiger partial charge in [-0.05, 0) is 54.1 Å². The molecule has 0 radical (unpaired) electrons. The van der Waals surface area contributed by atoms with Crippen LogP contribution in [0.3, 0.4) is 0 Å². The maximum Gasteiger partial charge on any atom is 0.270 e. The van der Waals surface area contributed by atoms with Gasteiger partial charge in [0.2, 0.25) is 0 Å². The first-order valence-electron chi connectivity index (χ1n) is 7.76. The van der Waals surface area contributed by atoms with Crippen molar-refractivity contribution in [2.75, 3.05) is 5.32 Å². The van der Waals surface area contributed by atoms with E-state index in [0.717, 1.165) is 12.0 Å². The van der Waals surface area contributed by atoms with Crippen LogP contribution in [0.25, 0.3) is 17.4 Å². The maximum absolute atomic E-state index is 11.9. The number of benzene rings is 1. The van der Waals surface area contributed by atoms with Gasteiger partial charge in [-0.25, -0.2) is 0 Å². The van der Waals surface area contributed by atoms with Crippen molar-refractivity contribution in [1.82, 2.24) is 20.2 Å². The number of halogens is 1. The Labute approximate surface area is 149 Å². The lowest BCUT2D eigenvalue weighted by Crippen LogP contribution is -2.09. The van der Waals surface area contributed by atoms with Crippen molar-refractivity contribution in [2.24, 2.45) is 0 Å². The quantitative estimate of drug-likeness (QED) is 0.680. The number of aryl methyl sites for hydroxylation is 1. The minimum absolute atomic E-state index is 0.171. The fourth-order valence-electron chi connectivity index (χ4n) is 2.11. The molecule has 0 saturated heterocycles. The molecule has 0 aliphatic carbocycles. The highest BCUT2D eigenvalue weighted by atomic mass is 35.5. The van der Waals surface area contributed by atoms with Gasteiger partial charge < -0.3 is 4.42 Å². The second-order valence-electron chi connectivity index (χ2n) is 5.24. The molecule has 128 valence electrons. The van der Waals surface area contributed by atoms with Gasteiger partial charge in [0.15, 0.2) is 0 Å². The molecule has 0 spiro atoms. The van der Waals surface area contributed by atoms with Gasteiger partial charge in [-0.1, -0.05) is 23.6 Å². The monoisotopic (exact) mass is 357 g/mol. The lowest BCUT2D eigenvalue weighted by molar-refractivity contribution is -0.111. The molecule has 8 heteroatoms. The summed E-state index contributed by atoms with van der Waals surface area (Å²) >= 11 is 5.87. The van der Waals surface area contributed by atoms with E-state index in [2.05, 4.69) is 20.7 Å². The van der Waals surface area contributed by atoms with Gasteiger partial charge in [0, 0.05) is 16.7 Å². The van der Waals surface area contributed by atoms with Crippen LogP contribution >= 0.6 is 11.6 Å². The Balaban J connectivity index is 1.61. The Hall–Kier alpha value is -2.93. The summed E-state index contributed by atoms with van der Waals surface area (Å²) in [6.45, 7) is 2.66. The minimum Gasteiger partial charge on any atom is -0.457 e. The first-order chi connectivity index (χ1) is 12.1. The van der Waals surface area contributed by atoms with E-state index in [1.165, 1.54) is 10.9 Å². The van der Waals surface area contributed by atoms with Crippen molar-refractivity contribution in [2.45, 2.75) is 19.9 Å². The zero-order valence-corrected chi connectivity index (χ0v) is 14.3. The zero-order valence-electron chi connectivity index (χ0n) is 13.5. The van der Waals surface area contributed by atoms with Crippen LogP contribution in [-0.4, -0.2) is 26.1 Å². The molecule has 0 saturated carbocycles. The summed E-state index contributed by atoms with van der Waals surface area (Å²) < 4.78 is 5.69. The number of carbonyl (C=O) groups is 1. The van der Waals surface area contributed by atoms with Crippen LogP contribution in [0.1, 0.15) is 19.1 Å². The van der Waals surface area contributed by atoms with E-state index in [9.17, 15) is 4.79 Å². The molecule has 1 amide bonds. The predicted molar refractivity (Wildman–Crippen MR) is 94.9 cm³/mol. The third-order valence-corrected chi connectivity index (χ3v) is 3.52. The number of tetrazole rings is 1. The lowest BCUT2D eigenvalue weighted by atomic mass is 10.2. The summed E-state index contributed by atoms with van der Waals surface area (Å²) in [5, 5.41) is 14.8. The third kappa shape index (κ3) is 4.54. The Kier molecular flexibility index (Phi) is 5.25. The van der Waals surface area contributed by atoms with Gasteiger partial charge in [-0.2, -0.15) is 4.80 Å². The topological polar surface area (TPSA) is 85.8 Å². The van der Waals surface area contributed by atoms with E-state index in [4.69, 9.17) is 16.0 Å². The van der Waals surface area contributed by atoms with Crippen LogP contribution in [-0.2, 0) is 11.3 Å². The average Bonchev–Trinajstić information content (AvgIpc) is 3.24.